The van der Waals surface area contributed by atoms with Crippen molar-refractivity contribution in [1.82, 2.24) is 5.32 Å². The van der Waals surface area contributed by atoms with Crippen molar-refractivity contribution in [3.8, 4) is 5.75 Å². The molecule has 2 N–H and O–H groups in total. The van der Waals surface area contributed by atoms with Crippen LogP contribution in [0.5, 0.6) is 5.75 Å². The summed E-state index contributed by atoms with van der Waals surface area (Å²) >= 11 is 0. The van der Waals surface area contributed by atoms with E-state index in [0.29, 0.717) is 0 Å². The van der Waals surface area contributed by atoms with Crippen molar-refractivity contribution in [3.05, 3.63) is 59.7 Å². The molecule has 2 aromatic carbocycles. The number of hydrogen-bond acceptors (Lipinski definition) is 2. The zero-order valence-corrected chi connectivity index (χ0v) is 11.6. The molecule has 20 heavy (non-hydrogen) atoms. The third-order valence-electron chi connectivity index (χ3n) is 2.84. The van der Waals surface area contributed by atoms with E-state index in [9.17, 15) is 4.79 Å². The number of carbonyl (C=O) groups excluding carboxylic acids is 1. The SMILES string of the molecule is Cc1ccc(NC(=O)NCOc2ccccc2)c(C)c1. The molecule has 0 aliphatic carbocycles. The van der Waals surface area contributed by atoms with Crippen LogP contribution in [0.1, 0.15) is 11.1 Å². The smallest absolute Gasteiger partial charge is 0.321 e. The number of ether oxygens (including phenoxy) is 1. The predicted molar refractivity (Wildman–Crippen MR) is 80.0 cm³/mol. The zero-order chi connectivity index (χ0) is 14.4. The molecule has 2 aromatic rings. The molecule has 0 heterocycles. The van der Waals surface area contributed by atoms with Gasteiger partial charge >= 0.3 is 6.03 Å². The van der Waals surface area contributed by atoms with Gasteiger partial charge in [-0.25, -0.2) is 4.79 Å². The van der Waals surface area contributed by atoms with Crippen molar-refractivity contribution in [2.45, 2.75) is 13.8 Å². The van der Waals surface area contributed by atoms with Gasteiger partial charge in [0, 0.05) is 5.69 Å². The summed E-state index contributed by atoms with van der Waals surface area (Å²) in [5.41, 5.74) is 3.00. The zero-order valence-electron chi connectivity index (χ0n) is 11.6. The summed E-state index contributed by atoms with van der Waals surface area (Å²) in [4.78, 5) is 11.7. The van der Waals surface area contributed by atoms with Crippen LogP contribution in [-0.2, 0) is 0 Å². The van der Waals surface area contributed by atoms with Crippen LogP contribution >= 0.6 is 0 Å². The van der Waals surface area contributed by atoms with Gasteiger partial charge in [0.25, 0.3) is 0 Å². The Hall–Kier alpha value is -2.49. The van der Waals surface area contributed by atoms with Crippen molar-refractivity contribution in [1.29, 1.82) is 0 Å². The minimum Gasteiger partial charge on any atom is -0.473 e. The van der Waals surface area contributed by atoms with Crippen molar-refractivity contribution < 1.29 is 9.53 Å². The first kappa shape index (κ1) is 13.9. The van der Waals surface area contributed by atoms with Crippen molar-refractivity contribution in [2.24, 2.45) is 0 Å². The molecule has 104 valence electrons. The molecule has 2 amide bonds. The summed E-state index contributed by atoms with van der Waals surface area (Å²) < 4.78 is 5.39. The summed E-state index contributed by atoms with van der Waals surface area (Å²) in [6, 6.07) is 14.9. The minimum absolute atomic E-state index is 0.126. The summed E-state index contributed by atoms with van der Waals surface area (Å²) in [5, 5.41) is 5.44. The van der Waals surface area contributed by atoms with E-state index in [2.05, 4.69) is 10.6 Å². The highest BCUT2D eigenvalue weighted by Gasteiger charge is 2.04. The summed E-state index contributed by atoms with van der Waals surface area (Å²) in [6.07, 6.45) is 0. The average molecular weight is 270 g/mol. The molecule has 0 bridgehead atoms. The van der Waals surface area contributed by atoms with E-state index in [4.69, 9.17) is 4.74 Å². The van der Waals surface area contributed by atoms with Gasteiger partial charge < -0.3 is 15.4 Å². The number of benzene rings is 2. The van der Waals surface area contributed by atoms with Gasteiger partial charge in [0.2, 0.25) is 0 Å². The van der Waals surface area contributed by atoms with Crippen molar-refractivity contribution in [3.63, 3.8) is 0 Å². The maximum absolute atomic E-state index is 11.7. The Morgan fingerprint density at radius 2 is 1.85 bits per heavy atom. The second-order valence-corrected chi connectivity index (χ2v) is 4.55. The lowest BCUT2D eigenvalue weighted by Gasteiger charge is -2.11. The van der Waals surface area contributed by atoms with Crippen molar-refractivity contribution in [2.75, 3.05) is 12.0 Å². The molecule has 0 saturated heterocycles. The Morgan fingerprint density at radius 1 is 1.10 bits per heavy atom. The number of aryl methyl sites for hydroxylation is 2. The number of anilines is 1. The molecular formula is C16H18N2O2. The maximum Gasteiger partial charge on any atom is 0.321 e. The molecule has 0 aliphatic rings. The highest BCUT2D eigenvalue weighted by atomic mass is 16.5. The first-order valence-corrected chi connectivity index (χ1v) is 6.45. The van der Waals surface area contributed by atoms with E-state index < -0.39 is 0 Å². The maximum atomic E-state index is 11.7. The van der Waals surface area contributed by atoms with Gasteiger partial charge in [-0.3, -0.25) is 0 Å². The molecule has 0 saturated carbocycles. The van der Waals surface area contributed by atoms with Crippen LogP contribution in [0.15, 0.2) is 48.5 Å². The average Bonchev–Trinajstić information content (AvgIpc) is 2.43. The Labute approximate surface area is 118 Å². The number of carbonyl (C=O) groups is 1. The summed E-state index contributed by atoms with van der Waals surface area (Å²) in [6.45, 7) is 4.11. The summed E-state index contributed by atoms with van der Waals surface area (Å²) in [5.74, 6) is 0.722. The fourth-order valence-corrected chi connectivity index (χ4v) is 1.82. The normalized spacial score (nSPS) is 9.90. The van der Waals surface area contributed by atoms with Crippen LogP contribution in [0.4, 0.5) is 10.5 Å². The molecule has 0 atom stereocenters. The van der Waals surface area contributed by atoms with E-state index in [1.807, 2.05) is 62.4 Å². The Balaban J connectivity index is 1.81. The fourth-order valence-electron chi connectivity index (χ4n) is 1.82. The molecule has 0 unspecified atom stereocenters. The van der Waals surface area contributed by atoms with Crippen LogP contribution in [0.3, 0.4) is 0 Å². The Kier molecular flexibility index (Phi) is 4.60. The van der Waals surface area contributed by atoms with Crippen molar-refractivity contribution >= 4 is 11.7 Å². The molecule has 0 aromatic heterocycles. The van der Waals surface area contributed by atoms with Crippen LogP contribution in [0.2, 0.25) is 0 Å². The van der Waals surface area contributed by atoms with Gasteiger partial charge in [0.1, 0.15) is 5.75 Å². The third-order valence-corrected chi connectivity index (χ3v) is 2.84. The lowest BCUT2D eigenvalue weighted by Crippen LogP contribution is -2.32. The van der Waals surface area contributed by atoms with E-state index in [1.54, 1.807) is 0 Å². The molecule has 4 heteroatoms. The molecular weight excluding hydrogens is 252 g/mol. The van der Waals surface area contributed by atoms with Gasteiger partial charge in [-0.05, 0) is 37.6 Å². The van der Waals surface area contributed by atoms with Gasteiger partial charge in [0.15, 0.2) is 6.73 Å². The van der Waals surface area contributed by atoms with Gasteiger partial charge in [0.05, 0.1) is 0 Å². The number of rotatable bonds is 4. The topological polar surface area (TPSA) is 50.4 Å². The lowest BCUT2D eigenvalue weighted by molar-refractivity contribution is 0.234. The van der Waals surface area contributed by atoms with Crippen LogP contribution in [0, 0.1) is 13.8 Å². The lowest BCUT2D eigenvalue weighted by atomic mass is 10.1. The Bertz CT molecular complexity index is 582. The van der Waals surface area contributed by atoms with E-state index in [0.717, 1.165) is 17.0 Å². The van der Waals surface area contributed by atoms with Gasteiger partial charge in [-0.15, -0.1) is 0 Å². The molecule has 0 radical (unpaired) electrons. The van der Waals surface area contributed by atoms with Crippen LogP contribution < -0.4 is 15.4 Å². The van der Waals surface area contributed by atoms with Crippen LogP contribution in [0.25, 0.3) is 0 Å². The first-order chi connectivity index (χ1) is 9.65. The van der Waals surface area contributed by atoms with E-state index in [1.165, 1.54) is 5.56 Å². The third kappa shape index (κ3) is 4.02. The predicted octanol–water partition coefficient (Wildman–Crippen LogP) is 3.46. The molecule has 0 spiro atoms. The summed E-state index contributed by atoms with van der Waals surface area (Å²) in [7, 11) is 0. The number of hydrogen-bond donors (Lipinski definition) is 2. The van der Waals surface area contributed by atoms with Crippen LogP contribution in [-0.4, -0.2) is 12.8 Å². The Morgan fingerprint density at radius 3 is 2.55 bits per heavy atom. The highest BCUT2D eigenvalue weighted by molar-refractivity contribution is 5.89. The standard InChI is InChI=1S/C16H18N2O2/c1-12-8-9-15(13(2)10-12)18-16(19)17-11-20-14-6-4-3-5-7-14/h3-10H,11H2,1-2H3,(H2,17,18,19). The molecule has 0 aliphatic heterocycles. The molecule has 0 fully saturated rings. The van der Waals surface area contributed by atoms with Gasteiger partial charge in [-0.2, -0.15) is 0 Å². The number of para-hydroxylation sites is 1. The quantitative estimate of drug-likeness (QED) is 0.836. The number of nitrogens with one attached hydrogen (secondary N) is 2. The number of urea groups is 1. The highest BCUT2D eigenvalue weighted by Crippen LogP contribution is 2.15. The minimum atomic E-state index is -0.284. The second kappa shape index (κ2) is 6.61. The van der Waals surface area contributed by atoms with E-state index in [-0.39, 0.29) is 12.8 Å². The monoisotopic (exact) mass is 270 g/mol. The first-order valence-electron chi connectivity index (χ1n) is 6.45. The molecule has 4 nitrogen and oxygen atoms in total. The fraction of sp³-hybridized carbons (Fsp3) is 0.188. The molecule has 2 rings (SSSR count). The second-order valence-electron chi connectivity index (χ2n) is 4.55. The number of amides is 2. The largest absolute Gasteiger partial charge is 0.473 e. The van der Waals surface area contributed by atoms with Gasteiger partial charge in [-0.1, -0.05) is 35.9 Å². The van der Waals surface area contributed by atoms with E-state index >= 15 is 0 Å².